The summed E-state index contributed by atoms with van der Waals surface area (Å²) in [4.78, 5) is 12.9. The Bertz CT molecular complexity index is 566. The lowest BCUT2D eigenvalue weighted by molar-refractivity contribution is 0.282. The average Bonchev–Trinajstić information content (AvgIpc) is 2.57. The average molecular weight is 249 g/mol. The van der Waals surface area contributed by atoms with E-state index in [0.717, 1.165) is 21.7 Å². The highest BCUT2D eigenvalue weighted by atomic mass is 32.1. The lowest BCUT2D eigenvalue weighted by Crippen LogP contribution is -2.15. The van der Waals surface area contributed by atoms with Gasteiger partial charge in [0.25, 0.3) is 0 Å². The molecule has 3 nitrogen and oxygen atoms in total. The molecule has 0 aliphatic heterocycles. The van der Waals surface area contributed by atoms with Crippen molar-refractivity contribution in [3.05, 3.63) is 55.6 Å². The van der Waals surface area contributed by atoms with Crippen molar-refractivity contribution in [1.29, 1.82) is 0 Å². The van der Waals surface area contributed by atoms with Crippen molar-refractivity contribution in [3.63, 3.8) is 0 Å². The maximum absolute atomic E-state index is 11.7. The van der Waals surface area contributed by atoms with Gasteiger partial charge in [0.05, 0.1) is 13.2 Å². The second kappa shape index (κ2) is 4.85. The van der Waals surface area contributed by atoms with Crippen LogP contribution in [0.2, 0.25) is 0 Å². The molecule has 0 bridgehead atoms. The number of hydrogen-bond donors (Lipinski definition) is 1. The van der Waals surface area contributed by atoms with E-state index in [1.54, 1.807) is 4.57 Å². The second-order valence-electron chi connectivity index (χ2n) is 4.07. The van der Waals surface area contributed by atoms with Crippen LogP contribution >= 0.6 is 11.3 Å². The number of aliphatic hydroxyl groups is 1. The lowest BCUT2D eigenvalue weighted by atomic mass is 10.1. The predicted molar refractivity (Wildman–Crippen MR) is 69.5 cm³/mol. The predicted octanol–water partition coefficient (Wildman–Crippen LogP) is 2.07. The molecule has 2 rings (SSSR count). The summed E-state index contributed by atoms with van der Waals surface area (Å²) in [7, 11) is 0. The standard InChI is InChI=1S/C13H15NO2S/c1-9-10(2)17-13(16)14(9)7-11-3-5-12(8-15)6-4-11/h3-6,15H,7-8H2,1-2H3. The second-order valence-corrected chi connectivity index (χ2v) is 5.24. The maximum atomic E-state index is 11.7. The largest absolute Gasteiger partial charge is 0.392 e. The van der Waals surface area contributed by atoms with Gasteiger partial charge in [0.2, 0.25) is 0 Å². The number of benzene rings is 1. The normalized spacial score (nSPS) is 10.8. The molecule has 1 aromatic heterocycles. The minimum Gasteiger partial charge on any atom is -0.392 e. The van der Waals surface area contributed by atoms with Gasteiger partial charge in [0.15, 0.2) is 0 Å². The molecule has 1 aromatic carbocycles. The van der Waals surface area contributed by atoms with Gasteiger partial charge in [-0.05, 0) is 25.0 Å². The van der Waals surface area contributed by atoms with Gasteiger partial charge in [-0.25, -0.2) is 0 Å². The summed E-state index contributed by atoms with van der Waals surface area (Å²) in [5.74, 6) is 0. The van der Waals surface area contributed by atoms with Crippen molar-refractivity contribution in [2.75, 3.05) is 0 Å². The number of thiazole rings is 1. The molecule has 4 heteroatoms. The molecule has 17 heavy (non-hydrogen) atoms. The van der Waals surface area contributed by atoms with E-state index in [1.807, 2.05) is 38.1 Å². The number of aromatic nitrogens is 1. The Kier molecular flexibility index (Phi) is 3.45. The maximum Gasteiger partial charge on any atom is 0.307 e. The van der Waals surface area contributed by atoms with Crippen molar-refractivity contribution < 1.29 is 5.11 Å². The molecular formula is C13H15NO2S. The third-order valence-corrected chi connectivity index (χ3v) is 3.92. The van der Waals surface area contributed by atoms with Crippen molar-refractivity contribution >= 4 is 11.3 Å². The van der Waals surface area contributed by atoms with Gasteiger partial charge < -0.3 is 5.11 Å². The van der Waals surface area contributed by atoms with E-state index < -0.39 is 0 Å². The zero-order chi connectivity index (χ0) is 12.4. The molecule has 90 valence electrons. The van der Waals surface area contributed by atoms with Crippen LogP contribution in [0.15, 0.2) is 29.1 Å². The van der Waals surface area contributed by atoms with Gasteiger partial charge in [0.1, 0.15) is 0 Å². The Morgan fingerprint density at radius 2 is 1.76 bits per heavy atom. The fourth-order valence-electron chi connectivity index (χ4n) is 1.70. The van der Waals surface area contributed by atoms with Crippen molar-refractivity contribution in [2.45, 2.75) is 27.0 Å². The van der Waals surface area contributed by atoms with E-state index in [2.05, 4.69) is 0 Å². The summed E-state index contributed by atoms with van der Waals surface area (Å²) in [6, 6.07) is 7.67. The number of hydrogen-bond acceptors (Lipinski definition) is 3. The van der Waals surface area contributed by atoms with Crippen LogP contribution in [-0.2, 0) is 13.2 Å². The molecule has 0 aliphatic carbocycles. The van der Waals surface area contributed by atoms with Crippen LogP contribution in [-0.4, -0.2) is 9.67 Å². The fourth-order valence-corrected chi connectivity index (χ4v) is 2.53. The molecule has 0 radical (unpaired) electrons. The van der Waals surface area contributed by atoms with Gasteiger partial charge in [-0.2, -0.15) is 0 Å². The van der Waals surface area contributed by atoms with Gasteiger partial charge >= 0.3 is 4.87 Å². The summed E-state index contributed by atoms with van der Waals surface area (Å²) in [6.45, 7) is 4.58. The Morgan fingerprint density at radius 1 is 1.18 bits per heavy atom. The van der Waals surface area contributed by atoms with Crippen LogP contribution < -0.4 is 4.87 Å². The van der Waals surface area contributed by atoms with E-state index in [9.17, 15) is 4.79 Å². The van der Waals surface area contributed by atoms with Gasteiger partial charge in [0, 0.05) is 10.6 Å². The molecule has 0 amide bonds. The molecule has 0 atom stereocenters. The molecule has 0 saturated heterocycles. The molecule has 0 fully saturated rings. The smallest absolute Gasteiger partial charge is 0.307 e. The summed E-state index contributed by atoms with van der Waals surface area (Å²) in [6.07, 6.45) is 0. The third kappa shape index (κ3) is 2.48. The van der Waals surface area contributed by atoms with Gasteiger partial charge in [-0.1, -0.05) is 35.6 Å². The quantitative estimate of drug-likeness (QED) is 0.904. The first-order valence-electron chi connectivity index (χ1n) is 5.47. The number of rotatable bonds is 3. The van der Waals surface area contributed by atoms with Crippen molar-refractivity contribution in [3.8, 4) is 0 Å². The van der Waals surface area contributed by atoms with E-state index >= 15 is 0 Å². The monoisotopic (exact) mass is 249 g/mol. The highest BCUT2D eigenvalue weighted by Gasteiger charge is 2.07. The topological polar surface area (TPSA) is 42.2 Å². The zero-order valence-electron chi connectivity index (χ0n) is 9.93. The van der Waals surface area contributed by atoms with Crippen LogP contribution in [0.25, 0.3) is 0 Å². The van der Waals surface area contributed by atoms with Gasteiger partial charge in [-0.3, -0.25) is 9.36 Å². The molecule has 0 aliphatic rings. The number of nitrogens with zero attached hydrogens (tertiary/aromatic N) is 1. The first kappa shape index (κ1) is 12.1. The molecule has 0 spiro atoms. The highest BCUT2D eigenvalue weighted by Crippen LogP contribution is 2.12. The molecule has 1 N–H and O–H groups in total. The van der Waals surface area contributed by atoms with Crippen LogP contribution in [0.5, 0.6) is 0 Å². The summed E-state index contributed by atoms with van der Waals surface area (Å²) < 4.78 is 1.79. The summed E-state index contributed by atoms with van der Waals surface area (Å²) in [5.41, 5.74) is 3.00. The van der Waals surface area contributed by atoms with Crippen molar-refractivity contribution in [2.24, 2.45) is 0 Å². The fraction of sp³-hybridized carbons (Fsp3) is 0.308. The first-order chi connectivity index (χ1) is 8.11. The summed E-state index contributed by atoms with van der Waals surface area (Å²) in [5, 5.41) is 8.96. The molecule has 1 heterocycles. The van der Waals surface area contributed by atoms with E-state index in [0.29, 0.717) is 6.54 Å². The minimum atomic E-state index is 0.0524. The molecular weight excluding hydrogens is 234 g/mol. The molecule has 0 saturated carbocycles. The lowest BCUT2D eigenvalue weighted by Gasteiger charge is -2.05. The first-order valence-corrected chi connectivity index (χ1v) is 6.29. The minimum absolute atomic E-state index is 0.0524. The Hall–Kier alpha value is -1.39. The Morgan fingerprint density at radius 3 is 2.24 bits per heavy atom. The molecule has 2 aromatic rings. The SMILES string of the molecule is Cc1sc(=O)n(Cc2ccc(CO)cc2)c1C. The van der Waals surface area contributed by atoms with Crippen molar-refractivity contribution in [1.82, 2.24) is 4.57 Å². The summed E-state index contributed by atoms with van der Waals surface area (Å²) >= 11 is 1.29. The Balaban J connectivity index is 2.28. The molecule has 0 unspecified atom stereocenters. The van der Waals surface area contributed by atoms with Crippen LogP contribution in [0.4, 0.5) is 0 Å². The third-order valence-electron chi connectivity index (χ3n) is 2.92. The zero-order valence-corrected chi connectivity index (χ0v) is 10.8. The van der Waals surface area contributed by atoms with Gasteiger partial charge in [-0.15, -0.1) is 0 Å². The number of aryl methyl sites for hydroxylation is 1. The van der Waals surface area contributed by atoms with E-state index in [-0.39, 0.29) is 11.5 Å². The van der Waals surface area contributed by atoms with Crippen LogP contribution in [0.1, 0.15) is 21.7 Å². The van der Waals surface area contributed by atoms with Crippen LogP contribution in [0.3, 0.4) is 0 Å². The highest BCUT2D eigenvalue weighted by molar-refractivity contribution is 7.09. The van der Waals surface area contributed by atoms with E-state index in [1.165, 1.54) is 11.3 Å². The van der Waals surface area contributed by atoms with E-state index in [4.69, 9.17) is 5.11 Å². The Labute approximate surface area is 104 Å². The number of aliphatic hydroxyl groups excluding tert-OH is 1. The van der Waals surface area contributed by atoms with Crippen LogP contribution in [0, 0.1) is 13.8 Å².